The van der Waals surface area contributed by atoms with Crippen LogP contribution in [-0.2, 0) is 0 Å². The Morgan fingerprint density at radius 2 is 1.67 bits per heavy atom. The van der Waals surface area contributed by atoms with E-state index in [-0.39, 0.29) is 12.4 Å². The molecule has 2 N–H and O–H groups in total. The minimum Gasteiger partial charge on any atom is -0.492 e. The lowest BCUT2D eigenvalue weighted by Crippen LogP contribution is -2.14. The third kappa shape index (κ3) is 4.38. The Labute approximate surface area is 164 Å². The van der Waals surface area contributed by atoms with Gasteiger partial charge < -0.3 is 15.0 Å². The highest BCUT2D eigenvalue weighted by atomic mass is 35.5. The van der Waals surface area contributed by atoms with E-state index in [9.17, 15) is 0 Å². The molecule has 0 saturated heterocycles. The van der Waals surface area contributed by atoms with Gasteiger partial charge in [0.05, 0.1) is 17.9 Å². The third-order valence-corrected chi connectivity index (χ3v) is 4.06. The van der Waals surface area contributed by atoms with Gasteiger partial charge in [0.2, 0.25) is 0 Å². The monoisotopic (exact) mass is 380 g/mol. The molecule has 138 valence electrons. The lowest BCUT2D eigenvalue weighted by molar-refractivity contribution is 0.333. The van der Waals surface area contributed by atoms with Crippen molar-refractivity contribution in [1.82, 2.24) is 15.0 Å². The van der Waals surface area contributed by atoms with Crippen molar-refractivity contribution in [3.8, 4) is 28.4 Å². The van der Waals surface area contributed by atoms with Crippen molar-refractivity contribution in [3.63, 3.8) is 0 Å². The van der Waals surface area contributed by atoms with Gasteiger partial charge in [-0.25, -0.2) is 9.97 Å². The van der Waals surface area contributed by atoms with Crippen LogP contribution in [0.3, 0.4) is 0 Å². The highest BCUT2D eigenvalue weighted by Gasteiger charge is 2.16. The molecular formula is C21H21ClN4O. The fourth-order valence-corrected chi connectivity index (χ4v) is 2.87. The van der Waals surface area contributed by atoms with Gasteiger partial charge in [-0.15, -0.1) is 12.4 Å². The van der Waals surface area contributed by atoms with Crippen LogP contribution in [0.2, 0.25) is 0 Å². The molecule has 2 aliphatic rings. The zero-order chi connectivity index (χ0) is 17.8. The fourth-order valence-electron chi connectivity index (χ4n) is 2.87. The molecule has 0 spiro atoms. The largest absolute Gasteiger partial charge is 0.492 e. The Morgan fingerprint density at radius 3 is 2.41 bits per heavy atom. The second-order valence-electron chi connectivity index (χ2n) is 6.03. The highest BCUT2D eigenvalue weighted by Crippen LogP contribution is 2.31. The summed E-state index contributed by atoms with van der Waals surface area (Å²) in [4.78, 5) is 12.6. The molecule has 0 unspecified atom stereocenters. The summed E-state index contributed by atoms with van der Waals surface area (Å²) >= 11 is 0. The first-order valence-electron chi connectivity index (χ1n) is 8.64. The number of hydrogen-bond acceptors (Lipinski definition) is 4. The maximum absolute atomic E-state index is 5.73. The summed E-state index contributed by atoms with van der Waals surface area (Å²) in [6, 6.07) is 22.0. The molecule has 2 aliphatic heterocycles. The number of aryl methyl sites for hydroxylation is 1. The number of para-hydroxylation sites is 1. The summed E-state index contributed by atoms with van der Waals surface area (Å²) in [6.07, 6.45) is 0. The van der Waals surface area contributed by atoms with Crippen molar-refractivity contribution >= 4 is 18.2 Å². The number of fused-ring (bicyclic) bond motifs is 1. The van der Waals surface area contributed by atoms with Crippen molar-refractivity contribution in [2.75, 3.05) is 18.5 Å². The van der Waals surface area contributed by atoms with Crippen molar-refractivity contribution in [2.24, 2.45) is 0 Å². The van der Waals surface area contributed by atoms with Crippen molar-refractivity contribution in [1.29, 1.82) is 0 Å². The number of rotatable bonds is 6. The Hall–Kier alpha value is -3.05. The molecule has 0 bridgehead atoms. The number of H-pyrrole nitrogens is 1. The number of nitrogens with one attached hydrogen (secondary N) is 2. The average Bonchev–Trinajstić information content (AvgIpc) is 3.11. The Morgan fingerprint density at radius 1 is 0.963 bits per heavy atom. The van der Waals surface area contributed by atoms with Crippen molar-refractivity contribution < 1.29 is 4.74 Å². The number of benzene rings is 2. The van der Waals surface area contributed by atoms with Gasteiger partial charge in [-0.2, -0.15) is 0 Å². The SMILES string of the molecule is Cc1nc(NCCOc2ccccc2)c2nc(-c3ccccc3)cc-2[nH]1.Cl. The Balaban J connectivity index is 0.00000210. The minimum atomic E-state index is 0. The summed E-state index contributed by atoms with van der Waals surface area (Å²) in [7, 11) is 0. The van der Waals surface area contributed by atoms with Gasteiger partial charge in [-0.1, -0.05) is 48.5 Å². The number of aromatic amines is 1. The van der Waals surface area contributed by atoms with E-state index in [2.05, 4.69) is 33.5 Å². The maximum Gasteiger partial charge on any atom is 0.156 e. The molecule has 0 atom stereocenters. The summed E-state index contributed by atoms with van der Waals surface area (Å²) in [5, 5.41) is 3.34. The summed E-state index contributed by atoms with van der Waals surface area (Å²) in [5.74, 6) is 2.48. The van der Waals surface area contributed by atoms with Crippen LogP contribution in [0.1, 0.15) is 5.82 Å². The fraction of sp³-hybridized carbons (Fsp3) is 0.143. The van der Waals surface area contributed by atoms with E-state index in [1.165, 1.54) is 0 Å². The molecule has 5 nitrogen and oxygen atoms in total. The number of aromatic nitrogens is 3. The van der Waals surface area contributed by atoms with Gasteiger partial charge in [0.15, 0.2) is 5.82 Å². The van der Waals surface area contributed by atoms with Gasteiger partial charge in [0.1, 0.15) is 23.9 Å². The standard InChI is InChI=1S/C21H20N4O.ClH/c1-15-23-19-14-18(16-8-4-2-5-9-16)25-20(19)21(24-15)22-12-13-26-17-10-6-3-7-11-17;/h2-11,14,22H,12-13H2,1H3,(H,23,24);1H. The number of anilines is 1. The Kier molecular flexibility index (Phi) is 5.94. The van der Waals surface area contributed by atoms with Crippen LogP contribution in [0.5, 0.6) is 5.75 Å². The average molecular weight is 381 g/mol. The van der Waals surface area contributed by atoms with E-state index in [0.29, 0.717) is 13.2 Å². The van der Waals surface area contributed by atoms with E-state index >= 15 is 0 Å². The van der Waals surface area contributed by atoms with Crippen LogP contribution < -0.4 is 10.1 Å². The zero-order valence-corrected chi connectivity index (χ0v) is 15.8. The molecule has 0 fully saturated rings. The van der Waals surface area contributed by atoms with Crippen LogP contribution in [0.15, 0.2) is 66.7 Å². The summed E-state index contributed by atoms with van der Waals surface area (Å²) < 4.78 is 5.73. The van der Waals surface area contributed by atoms with Crippen LogP contribution in [0.4, 0.5) is 5.82 Å². The van der Waals surface area contributed by atoms with E-state index in [1.807, 2.05) is 55.5 Å². The van der Waals surface area contributed by atoms with E-state index in [1.54, 1.807) is 0 Å². The van der Waals surface area contributed by atoms with Gasteiger partial charge in [0.25, 0.3) is 0 Å². The van der Waals surface area contributed by atoms with Crippen LogP contribution >= 0.6 is 12.4 Å². The predicted octanol–water partition coefficient (Wildman–Crippen LogP) is 4.80. The van der Waals surface area contributed by atoms with E-state index in [4.69, 9.17) is 9.72 Å². The molecule has 2 aromatic rings. The first-order valence-corrected chi connectivity index (χ1v) is 8.64. The van der Waals surface area contributed by atoms with Gasteiger partial charge in [-0.05, 0) is 25.1 Å². The second kappa shape index (κ2) is 8.56. The molecule has 27 heavy (non-hydrogen) atoms. The molecule has 0 radical (unpaired) electrons. The molecule has 0 aromatic heterocycles. The minimum absolute atomic E-state index is 0. The summed E-state index contributed by atoms with van der Waals surface area (Å²) in [6.45, 7) is 3.14. The van der Waals surface area contributed by atoms with E-state index in [0.717, 1.165) is 40.0 Å². The molecule has 0 saturated carbocycles. The van der Waals surface area contributed by atoms with Crippen LogP contribution in [0.25, 0.3) is 22.6 Å². The van der Waals surface area contributed by atoms with Gasteiger partial charge >= 0.3 is 0 Å². The van der Waals surface area contributed by atoms with Gasteiger partial charge in [-0.3, -0.25) is 0 Å². The lowest BCUT2D eigenvalue weighted by Gasteiger charge is -2.11. The molecule has 0 aliphatic carbocycles. The lowest BCUT2D eigenvalue weighted by atomic mass is 10.1. The highest BCUT2D eigenvalue weighted by molar-refractivity contribution is 5.85. The topological polar surface area (TPSA) is 62.8 Å². The van der Waals surface area contributed by atoms with Crippen molar-refractivity contribution in [2.45, 2.75) is 6.92 Å². The predicted molar refractivity (Wildman–Crippen MR) is 111 cm³/mol. The second-order valence-corrected chi connectivity index (χ2v) is 6.03. The number of hydrogen-bond donors (Lipinski definition) is 2. The molecule has 2 heterocycles. The molecular weight excluding hydrogens is 360 g/mol. The van der Waals surface area contributed by atoms with E-state index < -0.39 is 0 Å². The van der Waals surface area contributed by atoms with Gasteiger partial charge in [0, 0.05) is 5.56 Å². The molecule has 0 amide bonds. The van der Waals surface area contributed by atoms with Crippen molar-refractivity contribution in [3.05, 3.63) is 72.6 Å². The zero-order valence-electron chi connectivity index (χ0n) is 15.0. The first kappa shape index (κ1) is 18.7. The number of halogens is 1. The summed E-state index contributed by atoms with van der Waals surface area (Å²) in [5.41, 5.74) is 3.85. The maximum atomic E-state index is 5.73. The number of ether oxygens (including phenoxy) is 1. The van der Waals surface area contributed by atoms with Crippen LogP contribution in [-0.4, -0.2) is 28.1 Å². The first-order chi connectivity index (χ1) is 12.8. The number of nitrogens with zero attached hydrogens (tertiary/aromatic N) is 2. The smallest absolute Gasteiger partial charge is 0.156 e. The van der Waals surface area contributed by atoms with Crippen LogP contribution in [0, 0.1) is 6.92 Å². The normalized spacial score (nSPS) is 10.4. The quantitative estimate of drug-likeness (QED) is 0.472. The Bertz CT molecular complexity index is 957. The molecule has 6 heteroatoms. The molecule has 4 rings (SSSR count). The molecule has 2 aromatic carbocycles. The third-order valence-electron chi connectivity index (χ3n) is 4.06.